The van der Waals surface area contributed by atoms with E-state index in [0.29, 0.717) is 11.7 Å². The lowest BCUT2D eigenvalue weighted by molar-refractivity contribution is -0.125. The van der Waals surface area contributed by atoms with E-state index < -0.39 is 0 Å². The zero-order valence-corrected chi connectivity index (χ0v) is 11.1. The first kappa shape index (κ1) is 11.4. The van der Waals surface area contributed by atoms with E-state index in [1.807, 2.05) is 24.3 Å². The van der Waals surface area contributed by atoms with Crippen molar-refractivity contribution in [2.45, 2.75) is 32.1 Å². The molecule has 1 heterocycles. The van der Waals surface area contributed by atoms with E-state index in [2.05, 4.69) is 4.98 Å². The maximum atomic E-state index is 12.7. The van der Waals surface area contributed by atoms with Crippen molar-refractivity contribution in [3.05, 3.63) is 36.2 Å². The molecule has 4 aliphatic rings. The van der Waals surface area contributed by atoms with Crippen LogP contribution in [0.25, 0.3) is 6.08 Å². The topological polar surface area (TPSA) is 30.0 Å². The van der Waals surface area contributed by atoms with E-state index in [1.54, 1.807) is 12.4 Å². The van der Waals surface area contributed by atoms with Gasteiger partial charge in [0.2, 0.25) is 0 Å². The van der Waals surface area contributed by atoms with Crippen LogP contribution in [0.1, 0.15) is 37.7 Å². The highest BCUT2D eigenvalue weighted by Gasteiger charge is 2.60. The predicted molar refractivity (Wildman–Crippen MR) is 74.3 cm³/mol. The molecule has 0 aromatic carbocycles. The van der Waals surface area contributed by atoms with Gasteiger partial charge in [-0.25, -0.2) is 0 Å². The Morgan fingerprint density at radius 2 is 2.05 bits per heavy atom. The van der Waals surface area contributed by atoms with E-state index >= 15 is 0 Å². The van der Waals surface area contributed by atoms with Crippen LogP contribution in [0.2, 0.25) is 0 Å². The maximum Gasteiger partial charge on any atom is 0.162 e. The van der Waals surface area contributed by atoms with Crippen LogP contribution in [0.15, 0.2) is 30.6 Å². The molecule has 5 rings (SSSR count). The molecule has 2 nitrogen and oxygen atoms in total. The number of rotatable bonds is 3. The van der Waals surface area contributed by atoms with Crippen molar-refractivity contribution in [2.24, 2.45) is 23.2 Å². The molecule has 0 radical (unpaired) electrons. The summed E-state index contributed by atoms with van der Waals surface area (Å²) in [6.45, 7) is 0. The van der Waals surface area contributed by atoms with Gasteiger partial charge < -0.3 is 0 Å². The standard InChI is InChI=1S/C17H19NO/c19-16(4-3-12-2-1-5-18-11-12)17-9-13-6-14(10-17)8-15(17)7-13/h1-5,11,13-15H,6-10H2/b4-3+. The minimum atomic E-state index is 0.0201. The molecular formula is C17H19NO. The molecule has 0 N–H and O–H groups in total. The number of aromatic nitrogens is 1. The first-order chi connectivity index (χ1) is 9.26. The highest BCUT2D eigenvalue weighted by Crippen LogP contribution is 2.65. The number of pyridine rings is 1. The van der Waals surface area contributed by atoms with Crippen LogP contribution >= 0.6 is 0 Å². The molecule has 0 saturated heterocycles. The van der Waals surface area contributed by atoms with Crippen LogP contribution in [0, 0.1) is 23.2 Å². The molecule has 4 aliphatic carbocycles. The number of hydrogen-bond acceptors (Lipinski definition) is 2. The van der Waals surface area contributed by atoms with Gasteiger partial charge in [0, 0.05) is 17.8 Å². The zero-order valence-electron chi connectivity index (χ0n) is 11.1. The van der Waals surface area contributed by atoms with Gasteiger partial charge in [-0.2, -0.15) is 0 Å². The minimum absolute atomic E-state index is 0.0201. The van der Waals surface area contributed by atoms with Crippen molar-refractivity contribution < 1.29 is 4.79 Å². The molecule has 4 bridgehead atoms. The highest BCUT2D eigenvalue weighted by molar-refractivity contribution is 5.98. The van der Waals surface area contributed by atoms with Crippen molar-refractivity contribution >= 4 is 11.9 Å². The number of allylic oxidation sites excluding steroid dienone is 1. The van der Waals surface area contributed by atoms with Crippen LogP contribution < -0.4 is 0 Å². The monoisotopic (exact) mass is 253 g/mol. The van der Waals surface area contributed by atoms with Crippen molar-refractivity contribution in [1.82, 2.24) is 4.98 Å². The third kappa shape index (κ3) is 1.69. The van der Waals surface area contributed by atoms with Gasteiger partial charge in [-0.3, -0.25) is 9.78 Å². The minimum Gasteiger partial charge on any atom is -0.294 e. The van der Waals surface area contributed by atoms with E-state index in [1.165, 1.54) is 19.3 Å². The molecular weight excluding hydrogens is 234 g/mol. The molecule has 1 aromatic rings. The summed E-state index contributed by atoms with van der Waals surface area (Å²) in [5.41, 5.74) is 1.04. The lowest BCUT2D eigenvalue weighted by atomic mass is 9.72. The van der Waals surface area contributed by atoms with Crippen LogP contribution in [-0.2, 0) is 4.79 Å². The molecule has 1 aromatic heterocycles. The summed E-state index contributed by atoms with van der Waals surface area (Å²) in [6, 6.07) is 3.90. The van der Waals surface area contributed by atoms with E-state index in [-0.39, 0.29) is 5.41 Å². The van der Waals surface area contributed by atoms with Gasteiger partial charge in [0.15, 0.2) is 5.78 Å². The zero-order chi connectivity index (χ0) is 12.9. The Kier molecular flexibility index (Phi) is 2.41. The van der Waals surface area contributed by atoms with Gasteiger partial charge in [-0.15, -0.1) is 0 Å². The molecule has 2 unspecified atom stereocenters. The summed E-state index contributed by atoms with van der Waals surface area (Å²) < 4.78 is 0. The fraction of sp³-hybridized carbons (Fsp3) is 0.529. The average Bonchev–Trinajstić information content (AvgIpc) is 2.83. The third-order valence-corrected chi connectivity index (χ3v) is 5.59. The lowest BCUT2D eigenvalue weighted by Gasteiger charge is -2.30. The van der Waals surface area contributed by atoms with Gasteiger partial charge in [0.25, 0.3) is 0 Å². The molecule has 2 atom stereocenters. The van der Waals surface area contributed by atoms with Gasteiger partial charge in [-0.1, -0.05) is 6.07 Å². The second-order valence-electron chi connectivity index (χ2n) is 6.68. The van der Waals surface area contributed by atoms with E-state index in [9.17, 15) is 4.79 Å². The molecule has 2 heteroatoms. The average molecular weight is 253 g/mol. The third-order valence-electron chi connectivity index (χ3n) is 5.59. The number of hydrogen-bond donors (Lipinski definition) is 0. The Morgan fingerprint density at radius 3 is 2.74 bits per heavy atom. The molecule has 0 amide bonds. The molecule has 0 aliphatic heterocycles. The summed E-state index contributed by atoms with van der Waals surface area (Å²) >= 11 is 0. The van der Waals surface area contributed by atoms with Crippen LogP contribution in [0.4, 0.5) is 0 Å². The Balaban J connectivity index is 1.57. The van der Waals surface area contributed by atoms with Crippen LogP contribution in [0.3, 0.4) is 0 Å². The summed E-state index contributed by atoms with van der Waals surface area (Å²) in [6.07, 6.45) is 13.6. The Hall–Kier alpha value is -1.44. The smallest absolute Gasteiger partial charge is 0.162 e. The number of carbonyl (C=O) groups excluding carboxylic acids is 1. The predicted octanol–water partition coefficient (Wildman–Crippen LogP) is 3.49. The summed E-state index contributed by atoms with van der Waals surface area (Å²) in [4.78, 5) is 16.8. The number of carbonyl (C=O) groups is 1. The molecule has 0 spiro atoms. The quantitative estimate of drug-likeness (QED) is 0.772. The van der Waals surface area contributed by atoms with E-state index in [0.717, 1.165) is 30.2 Å². The Bertz CT molecular complexity index is 519. The van der Waals surface area contributed by atoms with Crippen LogP contribution in [0.5, 0.6) is 0 Å². The highest BCUT2D eigenvalue weighted by atomic mass is 16.1. The van der Waals surface area contributed by atoms with Gasteiger partial charge in [0.05, 0.1) is 0 Å². The summed E-state index contributed by atoms with van der Waals surface area (Å²) in [7, 11) is 0. The Morgan fingerprint density at radius 1 is 1.26 bits per heavy atom. The van der Waals surface area contributed by atoms with Crippen LogP contribution in [-0.4, -0.2) is 10.8 Å². The number of nitrogens with zero attached hydrogens (tertiary/aromatic N) is 1. The Labute approximate surface area is 113 Å². The van der Waals surface area contributed by atoms with Gasteiger partial charge in [0.1, 0.15) is 0 Å². The van der Waals surface area contributed by atoms with E-state index in [4.69, 9.17) is 0 Å². The lowest BCUT2D eigenvalue weighted by Crippen LogP contribution is -2.31. The summed E-state index contributed by atoms with van der Waals surface area (Å²) in [5, 5.41) is 0. The SMILES string of the molecule is O=C(/C=C/c1cccnc1)C12CC3CC(CC1C3)C2. The molecule has 4 fully saturated rings. The molecule has 4 saturated carbocycles. The van der Waals surface area contributed by atoms with Crippen molar-refractivity contribution in [1.29, 1.82) is 0 Å². The number of ketones is 1. The fourth-order valence-corrected chi connectivity index (χ4v) is 5.01. The van der Waals surface area contributed by atoms with Gasteiger partial charge >= 0.3 is 0 Å². The van der Waals surface area contributed by atoms with Crippen molar-refractivity contribution in [3.63, 3.8) is 0 Å². The first-order valence-corrected chi connectivity index (χ1v) is 7.39. The molecule has 98 valence electrons. The first-order valence-electron chi connectivity index (χ1n) is 7.39. The largest absolute Gasteiger partial charge is 0.294 e. The van der Waals surface area contributed by atoms with Gasteiger partial charge in [-0.05, 0) is 73.6 Å². The van der Waals surface area contributed by atoms with Crippen molar-refractivity contribution in [3.8, 4) is 0 Å². The van der Waals surface area contributed by atoms with Crippen molar-refractivity contribution in [2.75, 3.05) is 0 Å². The summed E-state index contributed by atoms with van der Waals surface area (Å²) in [5.74, 6) is 2.75. The fourth-order valence-electron chi connectivity index (χ4n) is 5.01. The molecule has 19 heavy (non-hydrogen) atoms. The second kappa shape index (κ2) is 4.03. The second-order valence-corrected chi connectivity index (χ2v) is 6.68. The maximum absolute atomic E-state index is 12.7. The normalized spacial score (nSPS) is 39.3.